The van der Waals surface area contributed by atoms with E-state index in [1.807, 2.05) is 0 Å². The molecule has 2 N–H and O–H groups in total. The topological polar surface area (TPSA) is 38.5 Å². The van der Waals surface area contributed by atoms with Gasteiger partial charge in [-0.3, -0.25) is 4.90 Å². The number of benzene rings is 1. The van der Waals surface area contributed by atoms with E-state index in [1.165, 1.54) is 11.1 Å². The van der Waals surface area contributed by atoms with E-state index in [2.05, 4.69) is 57.0 Å². The van der Waals surface area contributed by atoms with Crippen molar-refractivity contribution in [2.45, 2.75) is 32.9 Å². The molecule has 1 unspecified atom stereocenters. The Morgan fingerprint density at radius 2 is 1.83 bits per heavy atom. The summed E-state index contributed by atoms with van der Waals surface area (Å²) in [6.07, 6.45) is 0.286. The molecule has 0 aromatic heterocycles. The lowest BCUT2D eigenvalue weighted by Gasteiger charge is -2.27. The largest absolute Gasteiger partial charge is 0.377 e. The van der Waals surface area contributed by atoms with E-state index in [-0.39, 0.29) is 12.1 Å². The molecule has 1 rings (SSSR count). The molecular formula is C15H26N2O. The fourth-order valence-electron chi connectivity index (χ4n) is 1.95. The smallest absolute Gasteiger partial charge is 0.0597 e. The molecule has 0 aliphatic rings. The number of likely N-dealkylation sites (N-methyl/N-ethyl adjacent to an activating group) is 1. The van der Waals surface area contributed by atoms with Crippen molar-refractivity contribution in [3.05, 3.63) is 35.4 Å². The predicted octanol–water partition coefficient (Wildman–Crippen LogP) is 2.35. The second kappa shape index (κ2) is 7.52. The Hall–Kier alpha value is -0.900. The molecule has 18 heavy (non-hydrogen) atoms. The van der Waals surface area contributed by atoms with Crippen molar-refractivity contribution < 1.29 is 4.74 Å². The highest BCUT2D eigenvalue weighted by molar-refractivity contribution is 5.24. The van der Waals surface area contributed by atoms with Crippen LogP contribution in [0, 0.1) is 6.92 Å². The van der Waals surface area contributed by atoms with Crippen LogP contribution in [0.5, 0.6) is 0 Å². The molecule has 0 radical (unpaired) electrons. The van der Waals surface area contributed by atoms with Gasteiger partial charge in [0.15, 0.2) is 0 Å². The first-order chi connectivity index (χ1) is 8.54. The van der Waals surface area contributed by atoms with Gasteiger partial charge in [0.25, 0.3) is 0 Å². The maximum atomic E-state index is 5.89. The standard InChI is InChI=1S/C15H26N2O/c1-12(2)18-10-9-17(4)15(11-16)14-7-5-13(3)6-8-14/h5-8,12,15H,9-11,16H2,1-4H3. The third-order valence-electron chi connectivity index (χ3n) is 3.11. The Balaban J connectivity index is 2.56. The fraction of sp³-hybridized carbons (Fsp3) is 0.600. The zero-order chi connectivity index (χ0) is 13.5. The highest BCUT2D eigenvalue weighted by atomic mass is 16.5. The van der Waals surface area contributed by atoms with Crippen LogP contribution in [0.15, 0.2) is 24.3 Å². The third kappa shape index (κ3) is 4.77. The molecule has 1 atom stereocenters. The van der Waals surface area contributed by atoms with E-state index < -0.39 is 0 Å². The molecule has 0 aliphatic heterocycles. The number of nitrogens with zero attached hydrogens (tertiary/aromatic N) is 1. The van der Waals surface area contributed by atoms with Crippen LogP contribution in [-0.4, -0.2) is 37.7 Å². The molecule has 0 spiro atoms. The van der Waals surface area contributed by atoms with Gasteiger partial charge in [0.2, 0.25) is 0 Å². The van der Waals surface area contributed by atoms with Crippen molar-refractivity contribution in [2.24, 2.45) is 5.73 Å². The first-order valence-corrected chi connectivity index (χ1v) is 6.63. The quantitative estimate of drug-likeness (QED) is 0.807. The Kier molecular flexibility index (Phi) is 6.33. The van der Waals surface area contributed by atoms with Crippen molar-refractivity contribution in [2.75, 3.05) is 26.7 Å². The van der Waals surface area contributed by atoms with Crippen molar-refractivity contribution in [1.29, 1.82) is 0 Å². The van der Waals surface area contributed by atoms with Crippen LogP contribution < -0.4 is 5.73 Å². The number of nitrogens with two attached hydrogens (primary N) is 1. The minimum Gasteiger partial charge on any atom is -0.377 e. The molecular weight excluding hydrogens is 224 g/mol. The molecule has 0 saturated heterocycles. The van der Waals surface area contributed by atoms with Crippen molar-refractivity contribution >= 4 is 0 Å². The molecule has 1 aromatic rings. The maximum absolute atomic E-state index is 5.89. The number of ether oxygens (including phenoxy) is 1. The van der Waals surface area contributed by atoms with Crippen molar-refractivity contribution in [3.63, 3.8) is 0 Å². The molecule has 0 bridgehead atoms. The van der Waals surface area contributed by atoms with Crippen LogP contribution in [0.25, 0.3) is 0 Å². The summed E-state index contributed by atoms with van der Waals surface area (Å²) in [6.45, 7) is 8.48. The van der Waals surface area contributed by atoms with Crippen LogP contribution in [0.3, 0.4) is 0 Å². The van der Waals surface area contributed by atoms with Crippen molar-refractivity contribution in [3.8, 4) is 0 Å². The highest BCUT2D eigenvalue weighted by Gasteiger charge is 2.14. The summed E-state index contributed by atoms with van der Waals surface area (Å²) in [4.78, 5) is 2.26. The molecule has 0 aliphatic carbocycles. The predicted molar refractivity (Wildman–Crippen MR) is 76.7 cm³/mol. The number of hydrogen-bond donors (Lipinski definition) is 1. The van der Waals surface area contributed by atoms with Crippen molar-refractivity contribution in [1.82, 2.24) is 4.90 Å². The monoisotopic (exact) mass is 250 g/mol. The minimum absolute atomic E-state index is 0.265. The lowest BCUT2D eigenvalue weighted by Crippen LogP contribution is -2.33. The van der Waals surface area contributed by atoms with Gasteiger partial charge in [0.1, 0.15) is 0 Å². The van der Waals surface area contributed by atoms with Crippen LogP contribution in [0.2, 0.25) is 0 Å². The van der Waals surface area contributed by atoms with Gasteiger partial charge in [-0.25, -0.2) is 0 Å². The number of rotatable bonds is 7. The van der Waals surface area contributed by atoms with Gasteiger partial charge in [0, 0.05) is 19.1 Å². The molecule has 0 heterocycles. The van der Waals surface area contributed by atoms with Gasteiger partial charge in [-0.05, 0) is 33.4 Å². The Labute approximate surface area is 111 Å². The average Bonchev–Trinajstić information content (AvgIpc) is 2.32. The van der Waals surface area contributed by atoms with E-state index in [0.29, 0.717) is 6.54 Å². The molecule has 3 heteroatoms. The Morgan fingerprint density at radius 1 is 1.22 bits per heavy atom. The SMILES string of the molecule is Cc1ccc(C(CN)N(C)CCOC(C)C)cc1. The Morgan fingerprint density at radius 3 is 2.33 bits per heavy atom. The molecule has 1 aromatic carbocycles. The summed E-state index contributed by atoms with van der Waals surface area (Å²) in [5, 5.41) is 0. The van der Waals surface area contributed by atoms with Crippen LogP contribution in [0.4, 0.5) is 0 Å². The normalized spacial score (nSPS) is 13.3. The minimum atomic E-state index is 0.265. The van der Waals surface area contributed by atoms with Gasteiger partial charge in [-0.2, -0.15) is 0 Å². The first kappa shape index (κ1) is 15.2. The number of hydrogen-bond acceptors (Lipinski definition) is 3. The Bertz CT molecular complexity index is 335. The molecule has 0 amide bonds. The summed E-state index contributed by atoms with van der Waals surface area (Å²) >= 11 is 0. The highest BCUT2D eigenvalue weighted by Crippen LogP contribution is 2.18. The third-order valence-corrected chi connectivity index (χ3v) is 3.11. The summed E-state index contributed by atoms with van der Waals surface area (Å²) in [5.41, 5.74) is 8.44. The van der Waals surface area contributed by atoms with E-state index >= 15 is 0 Å². The summed E-state index contributed by atoms with van der Waals surface area (Å²) < 4.78 is 5.58. The zero-order valence-corrected chi connectivity index (χ0v) is 12.0. The summed E-state index contributed by atoms with van der Waals surface area (Å²) in [5.74, 6) is 0. The van der Waals surface area contributed by atoms with Gasteiger partial charge >= 0.3 is 0 Å². The summed E-state index contributed by atoms with van der Waals surface area (Å²) in [6, 6.07) is 8.85. The van der Waals surface area contributed by atoms with Gasteiger partial charge in [-0.15, -0.1) is 0 Å². The van der Waals surface area contributed by atoms with E-state index in [1.54, 1.807) is 0 Å². The second-order valence-electron chi connectivity index (χ2n) is 5.06. The lowest BCUT2D eigenvalue weighted by molar-refractivity contribution is 0.0564. The van der Waals surface area contributed by atoms with Crippen LogP contribution in [-0.2, 0) is 4.74 Å². The van der Waals surface area contributed by atoms with E-state index in [9.17, 15) is 0 Å². The molecule has 0 fully saturated rings. The second-order valence-corrected chi connectivity index (χ2v) is 5.06. The van der Waals surface area contributed by atoms with Gasteiger partial charge < -0.3 is 10.5 Å². The molecule has 3 nitrogen and oxygen atoms in total. The summed E-state index contributed by atoms with van der Waals surface area (Å²) in [7, 11) is 2.10. The van der Waals surface area contributed by atoms with E-state index in [4.69, 9.17) is 10.5 Å². The molecule has 102 valence electrons. The van der Waals surface area contributed by atoms with E-state index in [0.717, 1.165) is 13.2 Å². The van der Waals surface area contributed by atoms with Crippen LogP contribution >= 0.6 is 0 Å². The van der Waals surface area contributed by atoms with Gasteiger partial charge in [0.05, 0.1) is 12.7 Å². The zero-order valence-electron chi connectivity index (χ0n) is 12.0. The molecule has 0 saturated carbocycles. The number of aryl methyl sites for hydroxylation is 1. The average molecular weight is 250 g/mol. The van der Waals surface area contributed by atoms with Crippen LogP contribution in [0.1, 0.15) is 31.0 Å². The van der Waals surface area contributed by atoms with Gasteiger partial charge in [-0.1, -0.05) is 29.8 Å². The first-order valence-electron chi connectivity index (χ1n) is 6.63. The fourth-order valence-corrected chi connectivity index (χ4v) is 1.95. The maximum Gasteiger partial charge on any atom is 0.0597 e. The lowest BCUT2D eigenvalue weighted by atomic mass is 10.0.